The van der Waals surface area contributed by atoms with Crippen molar-refractivity contribution in [2.45, 2.75) is 39.0 Å². The van der Waals surface area contributed by atoms with Crippen molar-refractivity contribution in [3.8, 4) is 0 Å². The Kier molecular flexibility index (Phi) is 5.52. The van der Waals surface area contributed by atoms with E-state index in [4.69, 9.17) is 9.47 Å². The maximum atomic E-state index is 12.0. The molecule has 0 unspecified atom stereocenters. The van der Waals surface area contributed by atoms with E-state index in [1.165, 1.54) is 6.07 Å². The Bertz CT molecular complexity index is 541. The fourth-order valence-electron chi connectivity index (χ4n) is 2.45. The molecule has 1 aliphatic heterocycles. The Balaban J connectivity index is 1.86. The van der Waals surface area contributed by atoms with E-state index >= 15 is 0 Å². The van der Waals surface area contributed by atoms with Gasteiger partial charge in [-0.05, 0) is 19.9 Å². The molecule has 0 spiro atoms. The minimum Gasteiger partial charge on any atom is -0.376 e. The predicted molar refractivity (Wildman–Crippen MR) is 78.2 cm³/mol. The van der Waals surface area contributed by atoms with Crippen LogP contribution in [-0.2, 0) is 20.8 Å². The van der Waals surface area contributed by atoms with Crippen LogP contribution in [0, 0.1) is 6.92 Å². The first-order valence-electron chi connectivity index (χ1n) is 7.27. The molecule has 1 amide bonds. The van der Waals surface area contributed by atoms with E-state index in [2.05, 4.69) is 5.32 Å². The zero-order valence-electron chi connectivity index (χ0n) is 12.5. The monoisotopic (exact) mass is 294 g/mol. The van der Waals surface area contributed by atoms with Crippen LogP contribution in [0.4, 0.5) is 0 Å². The van der Waals surface area contributed by atoms with Gasteiger partial charge in [-0.3, -0.25) is 9.59 Å². The number of pyridine rings is 1. The maximum Gasteiger partial charge on any atom is 0.250 e. The van der Waals surface area contributed by atoms with Crippen LogP contribution in [0.1, 0.15) is 19.0 Å². The van der Waals surface area contributed by atoms with Crippen LogP contribution in [0.5, 0.6) is 0 Å². The van der Waals surface area contributed by atoms with Crippen molar-refractivity contribution < 1.29 is 14.3 Å². The number of ether oxygens (including phenoxy) is 2. The summed E-state index contributed by atoms with van der Waals surface area (Å²) in [6.45, 7) is 5.73. The van der Waals surface area contributed by atoms with Gasteiger partial charge in [-0.1, -0.05) is 6.07 Å². The lowest BCUT2D eigenvalue weighted by molar-refractivity contribution is -0.122. The number of nitrogens with zero attached hydrogens (tertiary/aromatic N) is 1. The average molecular weight is 294 g/mol. The highest BCUT2D eigenvalue weighted by atomic mass is 16.5. The highest BCUT2D eigenvalue weighted by Crippen LogP contribution is 2.10. The zero-order valence-corrected chi connectivity index (χ0v) is 12.5. The van der Waals surface area contributed by atoms with Gasteiger partial charge >= 0.3 is 0 Å². The second-order valence-electron chi connectivity index (χ2n) is 5.11. The second-order valence-corrected chi connectivity index (χ2v) is 5.11. The van der Waals surface area contributed by atoms with E-state index in [0.29, 0.717) is 26.4 Å². The SMILES string of the molecule is CCO[C@H]1COC[C@@H]1NC(=O)CCn1c(C)cccc1=O. The molecule has 0 aromatic carbocycles. The number of hydrogen-bond acceptors (Lipinski definition) is 4. The molecule has 2 rings (SSSR count). The summed E-state index contributed by atoms with van der Waals surface area (Å²) >= 11 is 0. The Hall–Kier alpha value is -1.66. The molecule has 1 aromatic heterocycles. The lowest BCUT2D eigenvalue weighted by Crippen LogP contribution is -2.44. The van der Waals surface area contributed by atoms with E-state index in [0.717, 1.165) is 5.69 Å². The Morgan fingerprint density at radius 3 is 3.00 bits per heavy atom. The molecule has 1 fully saturated rings. The van der Waals surface area contributed by atoms with Crippen LogP contribution >= 0.6 is 0 Å². The minimum atomic E-state index is -0.106. The summed E-state index contributed by atoms with van der Waals surface area (Å²) in [5.41, 5.74) is 0.769. The normalized spacial score (nSPS) is 21.4. The third kappa shape index (κ3) is 4.15. The van der Waals surface area contributed by atoms with E-state index < -0.39 is 0 Å². The van der Waals surface area contributed by atoms with Crippen LogP contribution in [0.15, 0.2) is 23.0 Å². The van der Waals surface area contributed by atoms with Crippen LogP contribution < -0.4 is 10.9 Å². The molecule has 0 bridgehead atoms. The molecule has 6 heteroatoms. The first-order chi connectivity index (χ1) is 10.1. The summed E-state index contributed by atoms with van der Waals surface area (Å²) in [4.78, 5) is 23.7. The van der Waals surface area contributed by atoms with Gasteiger partial charge in [0.05, 0.1) is 19.3 Å². The van der Waals surface area contributed by atoms with Crippen LogP contribution in [0.2, 0.25) is 0 Å². The lowest BCUT2D eigenvalue weighted by Gasteiger charge is -2.19. The Morgan fingerprint density at radius 2 is 2.29 bits per heavy atom. The number of carbonyl (C=O) groups is 1. The first kappa shape index (κ1) is 15.7. The summed E-state index contributed by atoms with van der Waals surface area (Å²) in [6, 6.07) is 4.97. The lowest BCUT2D eigenvalue weighted by atomic mass is 10.2. The predicted octanol–water partition coefficient (Wildman–Crippen LogP) is 0.467. The van der Waals surface area contributed by atoms with E-state index in [1.54, 1.807) is 10.6 Å². The average Bonchev–Trinajstić information content (AvgIpc) is 2.86. The van der Waals surface area contributed by atoms with Gasteiger partial charge in [0.15, 0.2) is 0 Å². The van der Waals surface area contributed by atoms with Gasteiger partial charge in [0, 0.05) is 31.3 Å². The fraction of sp³-hybridized carbons (Fsp3) is 0.600. The van der Waals surface area contributed by atoms with Crippen molar-refractivity contribution in [3.63, 3.8) is 0 Å². The molecule has 1 saturated heterocycles. The topological polar surface area (TPSA) is 69.6 Å². The van der Waals surface area contributed by atoms with Crippen molar-refractivity contribution in [1.29, 1.82) is 0 Å². The molecule has 0 aliphatic carbocycles. The van der Waals surface area contributed by atoms with Crippen molar-refractivity contribution in [2.24, 2.45) is 0 Å². The number of aromatic nitrogens is 1. The standard InChI is InChI=1S/C15H22N2O4/c1-3-21-13-10-20-9-12(13)16-14(18)7-8-17-11(2)5-4-6-15(17)19/h4-6,12-13H,3,7-10H2,1-2H3,(H,16,18)/t12-,13-/m0/s1. The van der Waals surface area contributed by atoms with Crippen molar-refractivity contribution in [2.75, 3.05) is 19.8 Å². The summed E-state index contributed by atoms with van der Waals surface area (Å²) in [5.74, 6) is -0.0923. The zero-order chi connectivity index (χ0) is 15.2. The minimum absolute atomic E-state index is 0.0832. The molecule has 2 heterocycles. The molecule has 1 N–H and O–H groups in total. The summed E-state index contributed by atoms with van der Waals surface area (Å²) in [5, 5.41) is 2.92. The molecule has 1 aliphatic rings. The highest BCUT2D eigenvalue weighted by molar-refractivity contribution is 5.76. The molecule has 6 nitrogen and oxygen atoms in total. The third-order valence-electron chi connectivity index (χ3n) is 3.59. The van der Waals surface area contributed by atoms with Gasteiger partial charge in [-0.15, -0.1) is 0 Å². The summed E-state index contributed by atoms with van der Waals surface area (Å²) in [6.07, 6.45) is 0.181. The molecule has 21 heavy (non-hydrogen) atoms. The van der Waals surface area contributed by atoms with Crippen molar-refractivity contribution in [3.05, 3.63) is 34.2 Å². The number of hydrogen-bond donors (Lipinski definition) is 1. The molecule has 0 radical (unpaired) electrons. The maximum absolute atomic E-state index is 12.0. The van der Waals surface area contributed by atoms with Gasteiger partial charge in [0.1, 0.15) is 6.10 Å². The van der Waals surface area contributed by atoms with Crippen molar-refractivity contribution in [1.82, 2.24) is 9.88 Å². The number of carbonyl (C=O) groups excluding carboxylic acids is 1. The van der Waals surface area contributed by atoms with Gasteiger partial charge < -0.3 is 19.4 Å². The number of amides is 1. The number of nitrogens with one attached hydrogen (secondary N) is 1. The van der Waals surface area contributed by atoms with Gasteiger partial charge in [-0.2, -0.15) is 0 Å². The first-order valence-corrected chi connectivity index (χ1v) is 7.27. The Morgan fingerprint density at radius 1 is 1.48 bits per heavy atom. The van der Waals surface area contributed by atoms with Crippen molar-refractivity contribution >= 4 is 5.91 Å². The molecule has 1 aromatic rings. The van der Waals surface area contributed by atoms with Gasteiger partial charge in [0.25, 0.3) is 5.56 Å². The van der Waals surface area contributed by atoms with E-state index in [-0.39, 0.29) is 30.0 Å². The largest absolute Gasteiger partial charge is 0.376 e. The molecular weight excluding hydrogens is 272 g/mol. The van der Waals surface area contributed by atoms with E-state index in [9.17, 15) is 9.59 Å². The van der Waals surface area contributed by atoms with Gasteiger partial charge in [-0.25, -0.2) is 0 Å². The highest BCUT2D eigenvalue weighted by Gasteiger charge is 2.29. The summed E-state index contributed by atoms with van der Waals surface area (Å²) in [7, 11) is 0. The number of aryl methyl sites for hydroxylation is 1. The third-order valence-corrected chi connectivity index (χ3v) is 3.59. The molecule has 2 atom stereocenters. The van der Waals surface area contributed by atoms with E-state index in [1.807, 2.05) is 19.9 Å². The van der Waals surface area contributed by atoms with Crippen LogP contribution in [0.3, 0.4) is 0 Å². The van der Waals surface area contributed by atoms with Gasteiger partial charge in [0.2, 0.25) is 5.91 Å². The number of rotatable bonds is 6. The molecule has 116 valence electrons. The van der Waals surface area contributed by atoms with Crippen LogP contribution in [-0.4, -0.2) is 42.4 Å². The molecule has 0 saturated carbocycles. The molecular formula is C15H22N2O4. The fourth-order valence-corrected chi connectivity index (χ4v) is 2.45. The Labute approximate surface area is 124 Å². The quantitative estimate of drug-likeness (QED) is 0.828. The smallest absolute Gasteiger partial charge is 0.250 e. The second kappa shape index (κ2) is 7.38. The summed E-state index contributed by atoms with van der Waals surface area (Å²) < 4.78 is 12.5. The van der Waals surface area contributed by atoms with Crippen LogP contribution in [0.25, 0.3) is 0 Å².